The maximum Gasteiger partial charge on any atom is 0.139 e. The highest BCUT2D eigenvalue weighted by atomic mass is 79.9. The molecular formula is C16H19BrN2S. The Labute approximate surface area is 133 Å². The molecular weight excluding hydrogens is 332 g/mol. The standard InChI is InChI=1S/C16H19BrN2S/c1-9(2)5-13-8-14(20)19-16(18-13)12-6-10(3)15(17)11(4)7-12/h6-9H,5H2,1-4H3,(H,18,19,20). The maximum absolute atomic E-state index is 5.29. The summed E-state index contributed by atoms with van der Waals surface area (Å²) in [6, 6.07) is 6.21. The van der Waals surface area contributed by atoms with Crippen LogP contribution in [0.3, 0.4) is 0 Å². The second kappa shape index (κ2) is 6.19. The molecule has 0 saturated heterocycles. The number of benzene rings is 1. The molecule has 0 spiro atoms. The fourth-order valence-corrected chi connectivity index (χ4v) is 2.74. The number of nitrogens with one attached hydrogen (secondary N) is 1. The van der Waals surface area contributed by atoms with E-state index >= 15 is 0 Å². The number of aryl methyl sites for hydroxylation is 2. The minimum Gasteiger partial charge on any atom is -0.343 e. The summed E-state index contributed by atoms with van der Waals surface area (Å²) in [6.45, 7) is 8.58. The van der Waals surface area contributed by atoms with Gasteiger partial charge in [0, 0.05) is 15.7 Å². The topological polar surface area (TPSA) is 28.7 Å². The van der Waals surface area contributed by atoms with Crippen molar-refractivity contribution in [2.45, 2.75) is 34.1 Å². The van der Waals surface area contributed by atoms with E-state index in [-0.39, 0.29) is 0 Å². The van der Waals surface area contributed by atoms with Crippen LogP contribution < -0.4 is 0 Å². The number of halogens is 1. The molecule has 1 aromatic heterocycles. The number of nitrogens with zero attached hydrogens (tertiary/aromatic N) is 1. The molecule has 1 aromatic carbocycles. The van der Waals surface area contributed by atoms with E-state index in [2.05, 4.69) is 65.7 Å². The Morgan fingerprint density at radius 1 is 1.20 bits per heavy atom. The van der Waals surface area contributed by atoms with Gasteiger partial charge in [0.25, 0.3) is 0 Å². The summed E-state index contributed by atoms with van der Waals surface area (Å²) in [6.07, 6.45) is 0.980. The van der Waals surface area contributed by atoms with Crippen molar-refractivity contribution in [1.82, 2.24) is 9.97 Å². The molecule has 0 radical (unpaired) electrons. The highest BCUT2D eigenvalue weighted by Gasteiger charge is 2.08. The molecule has 20 heavy (non-hydrogen) atoms. The molecule has 0 unspecified atom stereocenters. The van der Waals surface area contributed by atoms with E-state index in [0.717, 1.165) is 28.0 Å². The van der Waals surface area contributed by atoms with Gasteiger partial charge in [-0.3, -0.25) is 0 Å². The van der Waals surface area contributed by atoms with Gasteiger partial charge in [-0.25, -0.2) is 4.98 Å². The van der Waals surface area contributed by atoms with Crippen LogP contribution in [0.25, 0.3) is 11.4 Å². The first-order valence-electron chi connectivity index (χ1n) is 6.74. The van der Waals surface area contributed by atoms with Gasteiger partial charge in [-0.15, -0.1) is 0 Å². The molecule has 0 amide bonds. The molecule has 0 aliphatic heterocycles. The quantitative estimate of drug-likeness (QED) is 0.752. The summed E-state index contributed by atoms with van der Waals surface area (Å²) in [4.78, 5) is 7.88. The van der Waals surface area contributed by atoms with Crippen LogP contribution >= 0.6 is 28.1 Å². The van der Waals surface area contributed by atoms with Crippen molar-refractivity contribution >= 4 is 28.1 Å². The number of hydrogen-bond donors (Lipinski definition) is 1. The molecule has 2 nitrogen and oxygen atoms in total. The molecule has 0 bridgehead atoms. The van der Waals surface area contributed by atoms with Crippen LogP contribution in [0, 0.1) is 24.4 Å². The Hall–Kier alpha value is -1.00. The molecule has 2 aromatic rings. The van der Waals surface area contributed by atoms with Gasteiger partial charge in [-0.05, 0) is 55.5 Å². The third-order valence-electron chi connectivity index (χ3n) is 3.14. The van der Waals surface area contributed by atoms with Gasteiger partial charge in [-0.1, -0.05) is 42.0 Å². The first kappa shape index (κ1) is 15.4. The molecule has 106 valence electrons. The average Bonchev–Trinajstić information content (AvgIpc) is 2.33. The van der Waals surface area contributed by atoms with E-state index in [4.69, 9.17) is 12.2 Å². The molecule has 0 aliphatic rings. The van der Waals surface area contributed by atoms with Crippen LogP contribution in [-0.2, 0) is 6.42 Å². The predicted octanol–water partition coefficient (Wildman–Crippen LogP) is 5.38. The summed E-state index contributed by atoms with van der Waals surface area (Å²) in [5.74, 6) is 1.44. The lowest BCUT2D eigenvalue weighted by molar-refractivity contribution is 0.634. The smallest absolute Gasteiger partial charge is 0.139 e. The lowest BCUT2D eigenvalue weighted by Gasteiger charge is -2.10. The number of hydrogen-bond acceptors (Lipinski definition) is 2. The summed E-state index contributed by atoms with van der Waals surface area (Å²) >= 11 is 8.89. The zero-order valence-electron chi connectivity index (χ0n) is 12.2. The van der Waals surface area contributed by atoms with Crippen LogP contribution in [0.2, 0.25) is 0 Å². The molecule has 0 fully saturated rings. The predicted molar refractivity (Wildman–Crippen MR) is 90.6 cm³/mol. The summed E-state index contributed by atoms with van der Waals surface area (Å²) in [5.41, 5.74) is 4.64. The van der Waals surface area contributed by atoms with E-state index < -0.39 is 0 Å². The molecule has 0 atom stereocenters. The Balaban J connectivity index is 2.52. The van der Waals surface area contributed by atoms with E-state index in [1.54, 1.807) is 0 Å². The number of rotatable bonds is 3. The van der Waals surface area contributed by atoms with Gasteiger partial charge >= 0.3 is 0 Å². The SMILES string of the molecule is Cc1cc(-c2nc(=S)cc(CC(C)C)[nH]2)cc(C)c1Br. The normalized spacial score (nSPS) is 11.1. The summed E-state index contributed by atoms with van der Waals surface area (Å²) in [5, 5.41) is 0. The number of H-pyrrole nitrogens is 1. The first-order chi connectivity index (χ1) is 9.36. The van der Waals surface area contributed by atoms with Gasteiger partial charge in [0.05, 0.1) is 0 Å². The number of aromatic amines is 1. The first-order valence-corrected chi connectivity index (χ1v) is 7.94. The third-order valence-corrected chi connectivity index (χ3v) is 4.60. The molecule has 0 aliphatic carbocycles. The van der Waals surface area contributed by atoms with E-state index in [0.29, 0.717) is 10.6 Å². The zero-order chi connectivity index (χ0) is 14.9. The van der Waals surface area contributed by atoms with E-state index in [1.807, 2.05) is 6.07 Å². The van der Waals surface area contributed by atoms with Crippen molar-refractivity contribution in [3.8, 4) is 11.4 Å². The zero-order valence-corrected chi connectivity index (χ0v) is 14.7. The Morgan fingerprint density at radius 3 is 2.35 bits per heavy atom. The van der Waals surface area contributed by atoms with Crippen molar-refractivity contribution in [2.24, 2.45) is 5.92 Å². The second-order valence-corrected chi connectivity index (χ2v) is 6.83. The Morgan fingerprint density at radius 2 is 1.80 bits per heavy atom. The van der Waals surface area contributed by atoms with E-state index in [9.17, 15) is 0 Å². The average molecular weight is 351 g/mol. The van der Waals surface area contributed by atoms with Crippen molar-refractivity contribution < 1.29 is 0 Å². The van der Waals surface area contributed by atoms with Crippen molar-refractivity contribution in [3.63, 3.8) is 0 Å². The van der Waals surface area contributed by atoms with Crippen LogP contribution in [0.1, 0.15) is 30.7 Å². The molecule has 1 heterocycles. The number of aromatic nitrogens is 2. The summed E-state index contributed by atoms with van der Waals surface area (Å²) < 4.78 is 1.80. The lowest BCUT2D eigenvalue weighted by atomic mass is 10.1. The molecule has 4 heteroatoms. The highest BCUT2D eigenvalue weighted by Crippen LogP contribution is 2.27. The lowest BCUT2D eigenvalue weighted by Crippen LogP contribution is -2.01. The fraction of sp³-hybridized carbons (Fsp3) is 0.375. The van der Waals surface area contributed by atoms with Crippen molar-refractivity contribution in [3.05, 3.63) is 44.1 Å². The highest BCUT2D eigenvalue weighted by molar-refractivity contribution is 9.10. The molecule has 2 rings (SSSR count). The van der Waals surface area contributed by atoms with Gasteiger partial charge in [0.15, 0.2) is 0 Å². The van der Waals surface area contributed by atoms with Gasteiger partial charge < -0.3 is 4.98 Å². The van der Waals surface area contributed by atoms with Gasteiger partial charge in [0.2, 0.25) is 0 Å². The van der Waals surface area contributed by atoms with Crippen LogP contribution in [0.4, 0.5) is 0 Å². The van der Waals surface area contributed by atoms with Crippen LogP contribution in [0.5, 0.6) is 0 Å². The van der Waals surface area contributed by atoms with E-state index in [1.165, 1.54) is 11.1 Å². The Kier molecular flexibility index (Phi) is 4.76. The monoisotopic (exact) mass is 350 g/mol. The van der Waals surface area contributed by atoms with Gasteiger partial charge in [-0.2, -0.15) is 0 Å². The minimum atomic E-state index is 0.587. The van der Waals surface area contributed by atoms with Crippen LogP contribution in [-0.4, -0.2) is 9.97 Å². The fourth-order valence-electron chi connectivity index (χ4n) is 2.28. The minimum absolute atomic E-state index is 0.587. The van der Waals surface area contributed by atoms with Gasteiger partial charge in [0.1, 0.15) is 10.5 Å². The molecule has 0 saturated carbocycles. The third kappa shape index (κ3) is 3.55. The van der Waals surface area contributed by atoms with Crippen molar-refractivity contribution in [1.29, 1.82) is 0 Å². The Bertz CT molecular complexity index is 666. The maximum atomic E-state index is 5.29. The summed E-state index contributed by atoms with van der Waals surface area (Å²) in [7, 11) is 0. The second-order valence-electron chi connectivity index (χ2n) is 5.62. The van der Waals surface area contributed by atoms with Crippen molar-refractivity contribution in [2.75, 3.05) is 0 Å². The molecule has 1 N–H and O–H groups in total. The largest absolute Gasteiger partial charge is 0.343 e. The van der Waals surface area contributed by atoms with Crippen LogP contribution in [0.15, 0.2) is 22.7 Å².